The number of carbonyl (C=O) groups is 1. The molecule has 106 valence electrons. The average Bonchev–Trinajstić information content (AvgIpc) is 2.34. The van der Waals surface area contributed by atoms with Gasteiger partial charge in [-0.25, -0.2) is 4.39 Å². The zero-order valence-electron chi connectivity index (χ0n) is 10.9. The second-order valence-corrected chi connectivity index (χ2v) is 4.58. The van der Waals surface area contributed by atoms with Crippen LogP contribution in [0.2, 0.25) is 0 Å². The second-order valence-electron chi connectivity index (χ2n) is 4.58. The number of hydrogen-bond donors (Lipinski definition) is 3. The lowest BCUT2D eigenvalue weighted by Gasteiger charge is -2.23. The first-order valence-corrected chi connectivity index (χ1v) is 5.84. The topological polar surface area (TPSA) is 78.8 Å². The molecule has 5 nitrogen and oxygen atoms in total. The van der Waals surface area contributed by atoms with E-state index in [9.17, 15) is 19.4 Å². The van der Waals surface area contributed by atoms with Gasteiger partial charge in [-0.05, 0) is 19.1 Å². The van der Waals surface area contributed by atoms with Crippen LogP contribution < -0.4 is 5.32 Å². The van der Waals surface area contributed by atoms with Crippen molar-refractivity contribution in [3.8, 4) is 5.75 Å². The molecule has 0 radical (unpaired) electrons. The Hall–Kier alpha value is -1.66. The first-order chi connectivity index (χ1) is 8.85. The number of benzene rings is 1. The molecule has 0 saturated heterocycles. The number of aliphatic hydroxyl groups is 1. The Balaban J connectivity index is 2.60. The molecule has 1 amide bonds. The summed E-state index contributed by atoms with van der Waals surface area (Å²) in [5, 5.41) is 21.9. The van der Waals surface area contributed by atoms with Crippen molar-refractivity contribution in [2.24, 2.45) is 0 Å². The molecule has 0 aliphatic heterocycles. The molecule has 1 atom stereocenters. The SMILES string of the molecule is COCCC(C)(O)CNC(=O)c1ccc(F)cc1O. The maximum atomic E-state index is 12.8. The molecule has 0 heterocycles. The molecule has 0 spiro atoms. The zero-order valence-corrected chi connectivity index (χ0v) is 10.9. The fourth-order valence-corrected chi connectivity index (χ4v) is 1.47. The van der Waals surface area contributed by atoms with E-state index < -0.39 is 23.1 Å². The summed E-state index contributed by atoms with van der Waals surface area (Å²) in [5.74, 6) is -1.63. The molecule has 1 aromatic rings. The van der Waals surface area contributed by atoms with Gasteiger partial charge in [-0.15, -0.1) is 0 Å². The number of phenols is 1. The van der Waals surface area contributed by atoms with Gasteiger partial charge >= 0.3 is 0 Å². The minimum atomic E-state index is -1.11. The fraction of sp³-hybridized carbons (Fsp3) is 0.462. The molecular weight excluding hydrogens is 253 g/mol. The molecule has 6 heteroatoms. The van der Waals surface area contributed by atoms with E-state index in [4.69, 9.17) is 4.74 Å². The lowest BCUT2D eigenvalue weighted by molar-refractivity contribution is 0.0243. The first kappa shape index (κ1) is 15.4. The summed E-state index contributed by atoms with van der Waals surface area (Å²) in [5.41, 5.74) is -1.15. The summed E-state index contributed by atoms with van der Waals surface area (Å²) in [6, 6.07) is 3.12. The van der Waals surface area contributed by atoms with Gasteiger partial charge < -0.3 is 20.3 Å². The summed E-state index contributed by atoms with van der Waals surface area (Å²) < 4.78 is 17.6. The van der Waals surface area contributed by atoms with Crippen LogP contribution in [0.5, 0.6) is 5.75 Å². The molecule has 0 saturated carbocycles. The summed E-state index contributed by atoms with van der Waals surface area (Å²) in [7, 11) is 1.52. The van der Waals surface area contributed by atoms with Crippen LogP contribution in [0, 0.1) is 5.82 Å². The Kier molecular flexibility index (Phi) is 5.26. The van der Waals surface area contributed by atoms with Crippen LogP contribution in [0.15, 0.2) is 18.2 Å². The molecule has 3 N–H and O–H groups in total. The van der Waals surface area contributed by atoms with E-state index in [-0.39, 0.29) is 12.1 Å². The number of carbonyl (C=O) groups excluding carboxylic acids is 1. The van der Waals surface area contributed by atoms with Gasteiger partial charge in [-0.2, -0.15) is 0 Å². The predicted octanol–water partition coefficient (Wildman–Crippen LogP) is 1.05. The van der Waals surface area contributed by atoms with Crippen LogP contribution in [-0.4, -0.2) is 42.0 Å². The van der Waals surface area contributed by atoms with Gasteiger partial charge in [0.1, 0.15) is 11.6 Å². The van der Waals surface area contributed by atoms with Gasteiger partial charge in [0.25, 0.3) is 5.91 Å². The number of ether oxygens (including phenoxy) is 1. The number of rotatable bonds is 6. The third kappa shape index (κ3) is 4.84. The molecule has 0 aliphatic rings. The second kappa shape index (κ2) is 6.49. The largest absolute Gasteiger partial charge is 0.507 e. The molecule has 0 bridgehead atoms. The van der Waals surface area contributed by atoms with Crippen LogP contribution in [0.1, 0.15) is 23.7 Å². The van der Waals surface area contributed by atoms with E-state index in [1.165, 1.54) is 13.2 Å². The smallest absolute Gasteiger partial charge is 0.255 e. The lowest BCUT2D eigenvalue weighted by atomic mass is 10.0. The van der Waals surface area contributed by atoms with Crippen LogP contribution in [0.4, 0.5) is 4.39 Å². The van der Waals surface area contributed by atoms with Crippen molar-refractivity contribution in [3.05, 3.63) is 29.6 Å². The number of halogens is 1. The number of methoxy groups -OCH3 is 1. The Bertz CT molecular complexity index is 448. The van der Waals surface area contributed by atoms with E-state index in [1.54, 1.807) is 6.92 Å². The Morgan fingerprint density at radius 2 is 2.21 bits per heavy atom. The van der Waals surface area contributed by atoms with Crippen molar-refractivity contribution in [2.45, 2.75) is 18.9 Å². The fourth-order valence-electron chi connectivity index (χ4n) is 1.47. The highest BCUT2D eigenvalue weighted by atomic mass is 19.1. The van der Waals surface area contributed by atoms with Crippen molar-refractivity contribution in [1.29, 1.82) is 0 Å². The number of nitrogens with one attached hydrogen (secondary N) is 1. The highest BCUT2D eigenvalue weighted by Crippen LogP contribution is 2.18. The van der Waals surface area contributed by atoms with Gasteiger partial charge in [-0.3, -0.25) is 4.79 Å². The van der Waals surface area contributed by atoms with Crippen molar-refractivity contribution in [1.82, 2.24) is 5.32 Å². The minimum Gasteiger partial charge on any atom is -0.507 e. The van der Waals surface area contributed by atoms with E-state index in [0.29, 0.717) is 13.0 Å². The Morgan fingerprint density at radius 3 is 2.79 bits per heavy atom. The molecule has 1 rings (SSSR count). The predicted molar refractivity (Wildman–Crippen MR) is 67.5 cm³/mol. The third-order valence-electron chi connectivity index (χ3n) is 2.68. The number of aromatic hydroxyl groups is 1. The van der Waals surface area contributed by atoms with E-state index in [0.717, 1.165) is 12.1 Å². The van der Waals surface area contributed by atoms with Gasteiger partial charge in [0, 0.05) is 32.7 Å². The van der Waals surface area contributed by atoms with Crippen molar-refractivity contribution < 1.29 is 24.1 Å². The van der Waals surface area contributed by atoms with Crippen molar-refractivity contribution in [3.63, 3.8) is 0 Å². The Labute approximate surface area is 111 Å². The maximum absolute atomic E-state index is 12.8. The van der Waals surface area contributed by atoms with Crippen LogP contribution in [0.25, 0.3) is 0 Å². The van der Waals surface area contributed by atoms with Crippen LogP contribution in [-0.2, 0) is 4.74 Å². The third-order valence-corrected chi connectivity index (χ3v) is 2.68. The van der Waals surface area contributed by atoms with Gasteiger partial charge in [-0.1, -0.05) is 0 Å². The van der Waals surface area contributed by atoms with E-state index >= 15 is 0 Å². The highest BCUT2D eigenvalue weighted by molar-refractivity contribution is 5.96. The van der Waals surface area contributed by atoms with Crippen molar-refractivity contribution in [2.75, 3.05) is 20.3 Å². The number of amides is 1. The van der Waals surface area contributed by atoms with Crippen LogP contribution in [0.3, 0.4) is 0 Å². The molecule has 0 aromatic heterocycles. The zero-order chi connectivity index (χ0) is 14.5. The van der Waals surface area contributed by atoms with E-state index in [1.807, 2.05) is 0 Å². The average molecular weight is 271 g/mol. The number of hydrogen-bond acceptors (Lipinski definition) is 4. The number of phenolic OH excluding ortho intramolecular Hbond substituents is 1. The maximum Gasteiger partial charge on any atom is 0.255 e. The molecule has 0 fully saturated rings. The van der Waals surface area contributed by atoms with Crippen LogP contribution >= 0.6 is 0 Å². The molecule has 19 heavy (non-hydrogen) atoms. The van der Waals surface area contributed by atoms with Crippen molar-refractivity contribution >= 4 is 5.91 Å². The summed E-state index contributed by atoms with van der Waals surface area (Å²) in [6.45, 7) is 1.94. The quantitative estimate of drug-likeness (QED) is 0.722. The standard InChI is InChI=1S/C13H18FNO4/c1-13(18,5-6-19-2)8-15-12(17)10-4-3-9(14)7-11(10)16/h3-4,7,16,18H,5-6,8H2,1-2H3,(H,15,17). The summed E-state index contributed by atoms with van der Waals surface area (Å²) >= 11 is 0. The van der Waals surface area contributed by atoms with Gasteiger partial charge in [0.15, 0.2) is 0 Å². The van der Waals surface area contributed by atoms with E-state index in [2.05, 4.69) is 5.32 Å². The molecular formula is C13H18FNO4. The van der Waals surface area contributed by atoms with Gasteiger partial charge in [0.05, 0.1) is 11.2 Å². The highest BCUT2D eigenvalue weighted by Gasteiger charge is 2.22. The normalized spacial score (nSPS) is 13.9. The minimum absolute atomic E-state index is 0.00596. The summed E-state index contributed by atoms with van der Waals surface area (Å²) in [4.78, 5) is 11.8. The lowest BCUT2D eigenvalue weighted by Crippen LogP contribution is -2.41. The molecule has 1 unspecified atom stereocenters. The monoisotopic (exact) mass is 271 g/mol. The first-order valence-electron chi connectivity index (χ1n) is 5.84. The summed E-state index contributed by atoms with van der Waals surface area (Å²) in [6.07, 6.45) is 0.360. The molecule has 0 aliphatic carbocycles. The molecule has 1 aromatic carbocycles. The Morgan fingerprint density at radius 1 is 1.53 bits per heavy atom. The van der Waals surface area contributed by atoms with Gasteiger partial charge in [0.2, 0.25) is 0 Å².